The third-order valence-electron chi connectivity index (χ3n) is 4.29. The average molecular weight is 506 g/mol. The molecule has 0 aliphatic rings. The van der Waals surface area contributed by atoms with E-state index in [1.165, 1.54) is 0 Å². The molecule has 1 atom stereocenters. The fourth-order valence-electron chi connectivity index (χ4n) is 2.74. The van der Waals surface area contributed by atoms with Gasteiger partial charge in [-0.05, 0) is 54.4 Å². The van der Waals surface area contributed by atoms with E-state index in [1.807, 2.05) is 19.9 Å². The second-order valence-corrected chi connectivity index (χ2v) is 8.40. The topological polar surface area (TPSA) is 64.7 Å². The Morgan fingerprint density at radius 2 is 1.93 bits per heavy atom. The van der Waals surface area contributed by atoms with E-state index in [2.05, 4.69) is 31.4 Å². The molecule has 6 nitrogen and oxygen atoms in total. The Morgan fingerprint density at radius 3 is 2.54 bits per heavy atom. The summed E-state index contributed by atoms with van der Waals surface area (Å²) < 4.78 is 4.15. The van der Waals surface area contributed by atoms with Crippen LogP contribution in [0.4, 0.5) is 5.82 Å². The normalized spacial score (nSPS) is 12.2. The predicted molar refractivity (Wildman–Crippen MR) is 116 cm³/mol. The number of nitrogens with one attached hydrogen (secondary N) is 1. The van der Waals surface area contributed by atoms with Gasteiger partial charge in [0.05, 0.1) is 22.4 Å². The molecule has 1 unspecified atom stereocenters. The molecule has 0 radical (unpaired) electrons. The van der Waals surface area contributed by atoms with Gasteiger partial charge in [0.25, 0.3) is 0 Å². The number of carbonyl (C=O) groups excluding carboxylic acids is 1. The molecule has 3 aromatic rings. The number of hydrogen-bond donors (Lipinski definition) is 1. The van der Waals surface area contributed by atoms with Crippen molar-refractivity contribution in [3.05, 3.63) is 60.9 Å². The molecule has 0 saturated carbocycles. The number of halogens is 4. The van der Waals surface area contributed by atoms with Crippen molar-refractivity contribution >= 4 is 62.5 Å². The Labute approximate surface area is 185 Å². The summed E-state index contributed by atoms with van der Waals surface area (Å²) in [4.78, 5) is 12.7. The van der Waals surface area contributed by atoms with Crippen LogP contribution < -0.4 is 5.32 Å². The number of rotatable bonds is 5. The van der Waals surface area contributed by atoms with E-state index in [0.717, 1.165) is 21.4 Å². The van der Waals surface area contributed by atoms with Gasteiger partial charge in [0, 0.05) is 16.2 Å². The van der Waals surface area contributed by atoms with Crippen LogP contribution in [0.15, 0.2) is 28.9 Å². The maximum absolute atomic E-state index is 12.7. The van der Waals surface area contributed by atoms with Crippen LogP contribution in [-0.2, 0) is 11.3 Å². The molecule has 1 N–H and O–H groups in total. The minimum atomic E-state index is -0.531. The van der Waals surface area contributed by atoms with Crippen molar-refractivity contribution in [3.8, 4) is 0 Å². The molecule has 2 aromatic heterocycles. The van der Waals surface area contributed by atoms with E-state index >= 15 is 0 Å². The van der Waals surface area contributed by atoms with Crippen molar-refractivity contribution in [1.82, 2.24) is 19.6 Å². The Hall–Kier alpha value is -1.54. The van der Waals surface area contributed by atoms with Crippen LogP contribution in [0.5, 0.6) is 0 Å². The first-order chi connectivity index (χ1) is 13.2. The molecule has 2 heterocycles. The minimum absolute atomic E-state index is 0.269. The van der Waals surface area contributed by atoms with Crippen molar-refractivity contribution < 1.29 is 4.79 Å². The smallest absolute Gasteiger partial charge is 0.250 e. The fraction of sp³-hybridized carbons (Fsp3) is 0.278. The number of nitrogens with zero attached hydrogens (tertiary/aromatic N) is 4. The quantitative estimate of drug-likeness (QED) is 0.486. The van der Waals surface area contributed by atoms with Crippen LogP contribution in [0.3, 0.4) is 0 Å². The molecule has 148 valence electrons. The zero-order chi connectivity index (χ0) is 20.6. The van der Waals surface area contributed by atoms with E-state index in [9.17, 15) is 4.79 Å². The summed E-state index contributed by atoms with van der Waals surface area (Å²) in [6.45, 7) is 5.93. The van der Waals surface area contributed by atoms with Gasteiger partial charge in [-0.3, -0.25) is 14.2 Å². The lowest BCUT2D eigenvalue weighted by atomic mass is 10.2. The lowest BCUT2D eigenvalue weighted by molar-refractivity contribution is -0.119. The van der Waals surface area contributed by atoms with Crippen LogP contribution in [0, 0.1) is 13.8 Å². The summed E-state index contributed by atoms with van der Waals surface area (Å²) in [5.41, 5.74) is 2.53. The third-order valence-corrected chi connectivity index (χ3v) is 6.30. The van der Waals surface area contributed by atoms with Gasteiger partial charge >= 0.3 is 0 Å². The molecule has 10 heteroatoms. The van der Waals surface area contributed by atoms with E-state index in [4.69, 9.17) is 34.8 Å². The number of amides is 1. The van der Waals surface area contributed by atoms with Crippen molar-refractivity contribution in [2.75, 3.05) is 5.32 Å². The Balaban J connectivity index is 1.75. The third kappa shape index (κ3) is 4.38. The van der Waals surface area contributed by atoms with Gasteiger partial charge < -0.3 is 5.32 Å². The number of benzene rings is 1. The molecular weight excluding hydrogens is 488 g/mol. The van der Waals surface area contributed by atoms with Crippen molar-refractivity contribution in [2.45, 2.75) is 33.4 Å². The highest BCUT2D eigenvalue weighted by atomic mass is 79.9. The molecule has 0 saturated heterocycles. The van der Waals surface area contributed by atoms with Gasteiger partial charge in [0.2, 0.25) is 5.91 Å². The lowest BCUT2D eigenvalue weighted by Gasteiger charge is -2.13. The molecule has 1 aromatic carbocycles. The monoisotopic (exact) mass is 503 g/mol. The Kier molecular flexibility index (Phi) is 6.39. The van der Waals surface area contributed by atoms with Gasteiger partial charge in [0.1, 0.15) is 11.1 Å². The largest absolute Gasteiger partial charge is 0.306 e. The van der Waals surface area contributed by atoms with Crippen molar-refractivity contribution in [2.24, 2.45) is 0 Å². The van der Waals surface area contributed by atoms with Crippen molar-refractivity contribution in [3.63, 3.8) is 0 Å². The standard InChI is InChI=1S/C18H17BrCl3N5O/c1-9-16(19)10(2)27(24-9)11(3)18(28)23-17-15(22)8-26(25-17)7-12-4-5-13(20)6-14(12)21/h4-6,8,11H,7H2,1-3H3,(H,23,25,28). The number of hydrogen-bond acceptors (Lipinski definition) is 3. The maximum Gasteiger partial charge on any atom is 0.250 e. The lowest BCUT2D eigenvalue weighted by Crippen LogP contribution is -2.25. The van der Waals surface area contributed by atoms with Gasteiger partial charge in [-0.2, -0.15) is 10.2 Å². The SMILES string of the molecule is Cc1nn(C(C)C(=O)Nc2nn(Cc3ccc(Cl)cc3Cl)cc2Cl)c(C)c1Br. The van der Waals surface area contributed by atoms with Crippen LogP contribution in [0.1, 0.15) is 29.9 Å². The maximum atomic E-state index is 12.7. The minimum Gasteiger partial charge on any atom is -0.306 e. The summed E-state index contributed by atoms with van der Waals surface area (Å²) in [7, 11) is 0. The molecule has 0 bridgehead atoms. The van der Waals surface area contributed by atoms with Gasteiger partial charge in [-0.25, -0.2) is 0 Å². The summed E-state index contributed by atoms with van der Waals surface area (Å²) >= 11 is 21.9. The average Bonchev–Trinajstić information content (AvgIpc) is 3.10. The number of carbonyl (C=O) groups is 1. The van der Waals surface area contributed by atoms with E-state index in [0.29, 0.717) is 21.6 Å². The van der Waals surface area contributed by atoms with Gasteiger partial charge in [0.15, 0.2) is 5.82 Å². The molecule has 1 amide bonds. The highest BCUT2D eigenvalue weighted by Crippen LogP contribution is 2.26. The molecular formula is C18H17BrCl3N5O. The second-order valence-electron chi connectivity index (χ2n) is 6.35. The Morgan fingerprint density at radius 1 is 1.21 bits per heavy atom. The first-order valence-electron chi connectivity index (χ1n) is 8.36. The van der Waals surface area contributed by atoms with Crippen LogP contribution >= 0.6 is 50.7 Å². The highest BCUT2D eigenvalue weighted by molar-refractivity contribution is 9.10. The van der Waals surface area contributed by atoms with Gasteiger partial charge in [-0.15, -0.1) is 0 Å². The number of aromatic nitrogens is 4. The first kappa shape index (κ1) is 21.2. The van der Waals surface area contributed by atoms with Crippen LogP contribution in [0.2, 0.25) is 15.1 Å². The Bertz CT molecular complexity index is 1050. The zero-order valence-electron chi connectivity index (χ0n) is 15.3. The molecule has 0 aliphatic carbocycles. The van der Waals surface area contributed by atoms with Gasteiger partial charge in [-0.1, -0.05) is 40.9 Å². The second kappa shape index (κ2) is 8.45. The van der Waals surface area contributed by atoms with E-state index in [-0.39, 0.29) is 11.7 Å². The predicted octanol–water partition coefficient (Wildman–Crippen LogP) is 5.67. The molecule has 0 spiro atoms. The number of anilines is 1. The van der Waals surface area contributed by atoms with Crippen LogP contribution in [-0.4, -0.2) is 25.5 Å². The summed E-state index contributed by atoms with van der Waals surface area (Å²) in [6.07, 6.45) is 1.63. The van der Waals surface area contributed by atoms with E-state index in [1.54, 1.807) is 34.6 Å². The summed E-state index contributed by atoms with van der Waals surface area (Å²) in [6, 6.07) is 4.71. The zero-order valence-corrected chi connectivity index (χ0v) is 19.2. The fourth-order valence-corrected chi connectivity index (χ4v) is 3.67. The summed E-state index contributed by atoms with van der Waals surface area (Å²) in [5.74, 6) is 0.0129. The van der Waals surface area contributed by atoms with Crippen molar-refractivity contribution in [1.29, 1.82) is 0 Å². The van der Waals surface area contributed by atoms with Crippen LogP contribution in [0.25, 0.3) is 0 Å². The molecule has 0 aliphatic heterocycles. The molecule has 28 heavy (non-hydrogen) atoms. The summed E-state index contributed by atoms with van der Waals surface area (Å²) in [5, 5.41) is 12.9. The molecule has 0 fully saturated rings. The number of aryl methyl sites for hydroxylation is 1. The molecule has 3 rings (SSSR count). The van der Waals surface area contributed by atoms with E-state index < -0.39 is 6.04 Å². The highest BCUT2D eigenvalue weighted by Gasteiger charge is 2.22. The first-order valence-corrected chi connectivity index (χ1v) is 10.3.